The van der Waals surface area contributed by atoms with Gasteiger partial charge >= 0.3 is 6.09 Å². The minimum absolute atomic E-state index is 0.175. The highest BCUT2D eigenvalue weighted by molar-refractivity contribution is 6.31. The van der Waals surface area contributed by atoms with Gasteiger partial charge in [-0.25, -0.2) is 4.79 Å². The summed E-state index contributed by atoms with van der Waals surface area (Å²) in [5.74, 6) is -3.49. The molecule has 0 aliphatic rings. The number of rotatable bonds is 3. The third-order valence-corrected chi connectivity index (χ3v) is 2.44. The molecule has 1 rings (SSSR count). The van der Waals surface area contributed by atoms with Crippen LogP contribution in [0.5, 0.6) is 0 Å². The fourth-order valence-corrected chi connectivity index (χ4v) is 1.61. The van der Waals surface area contributed by atoms with Crippen molar-refractivity contribution in [2.45, 2.75) is 32.3 Å². The van der Waals surface area contributed by atoms with Crippen molar-refractivity contribution in [3.63, 3.8) is 0 Å². The zero-order chi connectivity index (χ0) is 15.6. The first-order valence-corrected chi connectivity index (χ1v) is 6.22. The summed E-state index contributed by atoms with van der Waals surface area (Å²) >= 11 is 5.73. The van der Waals surface area contributed by atoms with Gasteiger partial charge in [0.1, 0.15) is 12.2 Å². The van der Waals surface area contributed by atoms with Crippen LogP contribution in [0.15, 0.2) is 18.2 Å². The molecular weight excluding hydrogens is 292 g/mol. The Morgan fingerprint density at radius 2 is 2.00 bits per heavy atom. The summed E-state index contributed by atoms with van der Waals surface area (Å²) in [6.45, 7) is 3.56. The number of amides is 1. The van der Waals surface area contributed by atoms with Crippen molar-refractivity contribution in [1.82, 2.24) is 0 Å². The lowest BCUT2D eigenvalue weighted by molar-refractivity contribution is -0.0550. The Morgan fingerprint density at radius 1 is 1.40 bits per heavy atom. The first kappa shape index (κ1) is 16.7. The van der Waals surface area contributed by atoms with E-state index < -0.39 is 29.8 Å². The number of halogens is 3. The van der Waals surface area contributed by atoms with E-state index in [9.17, 15) is 13.6 Å². The highest BCUT2D eigenvalue weighted by atomic mass is 35.5. The minimum atomic E-state index is -3.49. The van der Waals surface area contributed by atoms with Crippen LogP contribution in [0.4, 0.5) is 19.3 Å². The van der Waals surface area contributed by atoms with Gasteiger partial charge in [0, 0.05) is 10.6 Å². The summed E-state index contributed by atoms with van der Waals surface area (Å²) < 4.78 is 32.1. The monoisotopic (exact) mass is 307 g/mol. The summed E-state index contributed by atoms with van der Waals surface area (Å²) in [4.78, 5) is 11.6. The predicted molar refractivity (Wildman–Crippen MR) is 72.3 cm³/mol. The number of alkyl halides is 2. The van der Waals surface area contributed by atoms with E-state index in [2.05, 4.69) is 5.32 Å². The standard InChI is InChI=1S/C13H16ClF2NO3/c1-12(2,3)20-11(19)17-10-6-8(14)4-5-9(10)13(15,16)7-18/h4-6,18H,7H2,1-3H3,(H,17,19). The molecule has 0 aromatic heterocycles. The molecule has 0 saturated heterocycles. The molecular formula is C13H16ClF2NO3. The van der Waals surface area contributed by atoms with E-state index in [4.69, 9.17) is 21.4 Å². The SMILES string of the molecule is CC(C)(C)OC(=O)Nc1cc(Cl)ccc1C(F)(F)CO. The second kappa shape index (κ2) is 5.93. The van der Waals surface area contributed by atoms with Crippen molar-refractivity contribution < 1.29 is 23.4 Å². The largest absolute Gasteiger partial charge is 0.444 e. The third-order valence-electron chi connectivity index (χ3n) is 2.21. The summed E-state index contributed by atoms with van der Waals surface area (Å²) in [7, 11) is 0. The maximum Gasteiger partial charge on any atom is 0.412 e. The van der Waals surface area contributed by atoms with Gasteiger partial charge in [0.15, 0.2) is 0 Å². The lowest BCUT2D eigenvalue weighted by Crippen LogP contribution is -2.28. The van der Waals surface area contributed by atoms with E-state index in [1.807, 2.05) is 0 Å². The smallest absolute Gasteiger partial charge is 0.412 e. The Kier molecular flexibility index (Phi) is 4.94. The zero-order valence-electron chi connectivity index (χ0n) is 11.3. The number of benzene rings is 1. The number of aliphatic hydroxyl groups is 1. The van der Waals surface area contributed by atoms with Gasteiger partial charge in [0.25, 0.3) is 5.92 Å². The van der Waals surface area contributed by atoms with Crippen molar-refractivity contribution in [3.8, 4) is 0 Å². The first-order chi connectivity index (χ1) is 9.05. The fourth-order valence-electron chi connectivity index (χ4n) is 1.44. The molecule has 0 fully saturated rings. The molecule has 1 aromatic rings. The molecule has 20 heavy (non-hydrogen) atoms. The molecule has 0 atom stereocenters. The quantitative estimate of drug-likeness (QED) is 0.893. The Balaban J connectivity index is 3.05. The number of hydrogen-bond acceptors (Lipinski definition) is 3. The van der Waals surface area contributed by atoms with E-state index in [1.165, 1.54) is 12.1 Å². The van der Waals surface area contributed by atoms with Gasteiger partial charge in [0.05, 0.1) is 5.69 Å². The Hall–Kier alpha value is -1.40. The van der Waals surface area contributed by atoms with Crippen molar-refractivity contribution in [3.05, 3.63) is 28.8 Å². The summed E-state index contributed by atoms with van der Waals surface area (Å²) in [5, 5.41) is 11.1. The van der Waals surface area contributed by atoms with Crippen LogP contribution in [0, 0.1) is 0 Å². The maximum absolute atomic E-state index is 13.6. The fraction of sp³-hybridized carbons (Fsp3) is 0.462. The number of nitrogens with one attached hydrogen (secondary N) is 1. The second-order valence-corrected chi connectivity index (χ2v) is 5.62. The molecule has 1 amide bonds. The first-order valence-electron chi connectivity index (χ1n) is 5.84. The zero-order valence-corrected chi connectivity index (χ0v) is 12.1. The van der Waals surface area contributed by atoms with Gasteiger partial charge in [-0.05, 0) is 39.0 Å². The van der Waals surface area contributed by atoms with Crippen LogP contribution in [-0.2, 0) is 10.7 Å². The molecule has 1 aromatic carbocycles. The summed E-state index contributed by atoms with van der Waals surface area (Å²) in [5.41, 5.74) is -1.50. The number of ether oxygens (including phenoxy) is 1. The molecule has 0 radical (unpaired) electrons. The van der Waals surface area contributed by atoms with E-state index in [-0.39, 0.29) is 10.7 Å². The highest BCUT2D eigenvalue weighted by Gasteiger charge is 2.34. The van der Waals surface area contributed by atoms with E-state index in [0.717, 1.165) is 6.07 Å². The topological polar surface area (TPSA) is 58.6 Å². The van der Waals surface area contributed by atoms with Gasteiger partial charge in [-0.2, -0.15) is 8.78 Å². The van der Waals surface area contributed by atoms with Gasteiger partial charge in [-0.1, -0.05) is 11.6 Å². The molecule has 0 bridgehead atoms. The lowest BCUT2D eigenvalue weighted by Gasteiger charge is -2.22. The normalized spacial score (nSPS) is 12.2. The van der Waals surface area contributed by atoms with E-state index in [1.54, 1.807) is 20.8 Å². The third kappa shape index (κ3) is 4.61. The predicted octanol–water partition coefficient (Wildman–Crippen LogP) is 3.77. The minimum Gasteiger partial charge on any atom is -0.444 e. The number of carbonyl (C=O) groups excluding carboxylic acids is 1. The summed E-state index contributed by atoms with van der Waals surface area (Å²) in [6.07, 6.45) is -0.880. The van der Waals surface area contributed by atoms with Gasteiger partial charge in [-0.3, -0.25) is 5.32 Å². The Morgan fingerprint density at radius 3 is 2.50 bits per heavy atom. The highest BCUT2D eigenvalue weighted by Crippen LogP contribution is 2.35. The van der Waals surface area contributed by atoms with Crippen molar-refractivity contribution in [2.24, 2.45) is 0 Å². The number of anilines is 1. The molecule has 112 valence electrons. The molecule has 0 aliphatic carbocycles. The molecule has 0 saturated carbocycles. The van der Waals surface area contributed by atoms with Crippen LogP contribution in [0.3, 0.4) is 0 Å². The van der Waals surface area contributed by atoms with Crippen LogP contribution in [0.25, 0.3) is 0 Å². The Bertz CT molecular complexity index is 501. The number of hydrogen-bond donors (Lipinski definition) is 2. The van der Waals surface area contributed by atoms with Crippen LogP contribution >= 0.6 is 11.6 Å². The van der Waals surface area contributed by atoms with Crippen molar-refractivity contribution >= 4 is 23.4 Å². The van der Waals surface area contributed by atoms with E-state index in [0.29, 0.717) is 0 Å². The molecule has 0 heterocycles. The average Bonchev–Trinajstić information content (AvgIpc) is 2.25. The van der Waals surface area contributed by atoms with E-state index >= 15 is 0 Å². The van der Waals surface area contributed by atoms with Crippen molar-refractivity contribution in [1.29, 1.82) is 0 Å². The maximum atomic E-state index is 13.6. The Labute approximate surface area is 120 Å². The molecule has 0 spiro atoms. The van der Waals surface area contributed by atoms with Crippen LogP contribution < -0.4 is 5.32 Å². The number of aliphatic hydroxyl groups excluding tert-OH is 1. The van der Waals surface area contributed by atoms with Crippen molar-refractivity contribution in [2.75, 3.05) is 11.9 Å². The van der Waals surface area contributed by atoms with Gasteiger partial charge < -0.3 is 9.84 Å². The van der Waals surface area contributed by atoms with Gasteiger partial charge in [0.2, 0.25) is 0 Å². The summed E-state index contributed by atoms with van der Waals surface area (Å²) in [6, 6.07) is 3.47. The second-order valence-electron chi connectivity index (χ2n) is 5.18. The van der Waals surface area contributed by atoms with Gasteiger partial charge in [-0.15, -0.1) is 0 Å². The lowest BCUT2D eigenvalue weighted by atomic mass is 10.1. The molecule has 4 nitrogen and oxygen atoms in total. The van der Waals surface area contributed by atoms with Crippen LogP contribution in [-0.4, -0.2) is 23.4 Å². The number of carbonyl (C=O) groups is 1. The average molecular weight is 308 g/mol. The molecule has 2 N–H and O–H groups in total. The molecule has 0 aliphatic heterocycles. The van der Waals surface area contributed by atoms with Crippen LogP contribution in [0.2, 0.25) is 5.02 Å². The molecule has 7 heteroatoms. The molecule has 0 unspecified atom stereocenters. The van der Waals surface area contributed by atoms with Crippen LogP contribution in [0.1, 0.15) is 26.3 Å².